The van der Waals surface area contributed by atoms with E-state index in [4.69, 9.17) is 10.5 Å². The Kier molecular flexibility index (Phi) is 6.33. The molecule has 6 heteroatoms. The van der Waals surface area contributed by atoms with Crippen LogP contribution in [0.2, 0.25) is 0 Å². The molecule has 1 saturated heterocycles. The lowest BCUT2D eigenvalue weighted by Crippen LogP contribution is -2.51. The van der Waals surface area contributed by atoms with E-state index in [1.807, 2.05) is 32.2 Å². The summed E-state index contributed by atoms with van der Waals surface area (Å²) in [7, 11) is 3.56. The number of likely N-dealkylation sites (tertiary alicyclic amines) is 1. The molecule has 3 aromatic rings. The summed E-state index contributed by atoms with van der Waals surface area (Å²) < 4.78 is 7.33. The first-order valence-corrected chi connectivity index (χ1v) is 11.1. The molecule has 1 aromatic heterocycles. The molecule has 2 N–H and O–H groups in total. The van der Waals surface area contributed by atoms with Gasteiger partial charge in [-0.1, -0.05) is 54.6 Å². The van der Waals surface area contributed by atoms with Gasteiger partial charge in [0.05, 0.1) is 23.8 Å². The molecule has 1 amide bonds. The quantitative estimate of drug-likeness (QED) is 0.618. The summed E-state index contributed by atoms with van der Waals surface area (Å²) in [5, 5.41) is 4.49. The molecule has 0 radical (unpaired) electrons. The summed E-state index contributed by atoms with van der Waals surface area (Å²) in [5.41, 5.74) is 11.0. The van der Waals surface area contributed by atoms with E-state index < -0.39 is 5.41 Å². The molecule has 1 atom stereocenters. The molecular weight excluding hydrogens is 400 g/mol. The van der Waals surface area contributed by atoms with Gasteiger partial charge in [-0.3, -0.25) is 9.69 Å². The number of nitrogens with zero attached hydrogens (tertiary/aromatic N) is 3. The lowest BCUT2D eigenvalue weighted by molar-refractivity contribution is -0.131. The molecule has 0 aliphatic carbocycles. The van der Waals surface area contributed by atoms with E-state index in [0.717, 1.165) is 42.1 Å². The molecule has 0 bridgehead atoms. The van der Waals surface area contributed by atoms with Gasteiger partial charge in [-0.15, -0.1) is 0 Å². The summed E-state index contributed by atoms with van der Waals surface area (Å²) in [4.78, 5) is 15.0. The highest BCUT2D eigenvalue weighted by molar-refractivity contribution is 5.81. The third kappa shape index (κ3) is 4.41. The number of benzene rings is 2. The van der Waals surface area contributed by atoms with E-state index in [9.17, 15) is 4.79 Å². The highest BCUT2D eigenvalue weighted by Crippen LogP contribution is 2.36. The second-order valence-corrected chi connectivity index (χ2v) is 8.90. The fourth-order valence-corrected chi connectivity index (χ4v) is 4.97. The Morgan fingerprint density at radius 1 is 1.12 bits per heavy atom. The number of amides is 1. The van der Waals surface area contributed by atoms with Gasteiger partial charge in [-0.05, 0) is 49.4 Å². The van der Waals surface area contributed by atoms with Gasteiger partial charge in [0.1, 0.15) is 0 Å². The van der Waals surface area contributed by atoms with Crippen LogP contribution >= 0.6 is 0 Å². The minimum absolute atomic E-state index is 0.218. The molecule has 2 aromatic carbocycles. The number of methoxy groups -OCH3 is 1. The maximum Gasteiger partial charge on any atom is 0.225 e. The third-order valence-corrected chi connectivity index (χ3v) is 6.65. The van der Waals surface area contributed by atoms with Crippen LogP contribution in [0.15, 0.2) is 54.6 Å². The van der Waals surface area contributed by atoms with Gasteiger partial charge in [-0.2, -0.15) is 5.10 Å². The van der Waals surface area contributed by atoms with Crippen molar-refractivity contribution in [1.29, 1.82) is 0 Å². The van der Waals surface area contributed by atoms with Gasteiger partial charge in [0, 0.05) is 20.1 Å². The van der Waals surface area contributed by atoms with Crippen molar-refractivity contribution in [2.24, 2.45) is 18.2 Å². The molecule has 6 nitrogen and oxygen atoms in total. The number of hydrogen-bond donors (Lipinski definition) is 1. The summed E-state index contributed by atoms with van der Waals surface area (Å²) in [6, 6.07) is 18.8. The first-order valence-electron chi connectivity index (χ1n) is 11.1. The Morgan fingerprint density at radius 2 is 1.81 bits per heavy atom. The Bertz CT molecular complexity index is 1080. The number of primary amides is 1. The van der Waals surface area contributed by atoms with Crippen molar-refractivity contribution < 1.29 is 9.53 Å². The molecule has 0 spiro atoms. The van der Waals surface area contributed by atoms with Crippen LogP contribution in [0.25, 0.3) is 11.1 Å². The molecule has 32 heavy (non-hydrogen) atoms. The second kappa shape index (κ2) is 9.17. The fourth-order valence-electron chi connectivity index (χ4n) is 4.97. The van der Waals surface area contributed by atoms with Gasteiger partial charge in [-0.25, -0.2) is 4.68 Å². The van der Waals surface area contributed by atoms with Crippen molar-refractivity contribution in [3.8, 4) is 17.0 Å². The number of rotatable bonds is 7. The van der Waals surface area contributed by atoms with Crippen LogP contribution in [-0.2, 0) is 24.8 Å². The van der Waals surface area contributed by atoms with E-state index in [2.05, 4.69) is 46.4 Å². The van der Waals surface area contributed by atoms with E-state index >= 15 is 0 Å². The fraction of sp³-hybridized carbons (Fsp3) is 0.385. The zero-order chi connectivity index (χ0) is 22.7. The molecule has 2 heterocycles. The van der Waals surface area contributed by atoms with Crippen LogP contribution in [0.3, 0.4) is 0 Å². The molecule has 0 saturated carbocycles. The Labute approximate surface area is 190 Å². The van der Waals surface area contributed by atoms with Gasteiger partial charge in [0.25, 0.3) is 0 Å². The van der Waals surface area contributed by atoms with E-state index in [0.29, 0.717) is 19.5 Å². The summed E-state index contributed by atoms with van der Waals surface area (Å²) in [6.07, 6.45) is 2.39. The zero-order valence-corrected chi connectivity index (χ0v) is 19.2. The second-order valence-electron chi connectivity index (χ2n) is 8.90. The van der Waals surface area contributed by atoms with Crippen molar-refractivity contribution in [1.82, 2.24) is 14.7 Å². The lowest BCUT2D eigenvalue weighted by atomic mass is 9.74. The Morgan fingerprint density at radius 3 is 2.47 bits per heavy atom. The van der Waals surface area contributed by atoms with E-state index in [-0.39, 0.29) is 5.91 Å². The minimum Gasteiger partial charge on any atom is -0.481 e. The monoisotopic (exact) mass is 432 g/mol. The summed E-state index contributed by atoms with van der Waals surface area (Å²) in [6.45, 7) is 4.27. The Balaban J connectivity index is 1.53. The summed E-state index contributed by atoms with van der Waals surface area (Å²) >= 11 is 0. The summed E-state index contributed by atoms with van der Waals surface area (Å²) in [5.74, 6) is 0.554. The van der Waals surface area contributed by atoms with Crippen molar-refractivity contribution in [2.45, 2.75) is 32.7 Å². The average molecular weight is 433 g/mol. The average Bonchev–Trinajstić information content (AvgIpc) is 3.07. The molecule has 1 fully saturated rings. The Hall–Kier alpha value is -3.12. The maximum absolute atomic E-state index is 12.7. The maximum atomic E-state index is 12.7. The highest BCUT2D eigenvalue weighted by Gasteiger charge is 2.41. The largest absolute Gasteiger partial charge is 0.481 e. The topological polar surface area (TPSA) is 73.4 Å². The SMILES string of the molecule is COc1c(CN2CCC[C@@](Cc3ccc(-c4ccccc4)cc3)(C(N)=O)C2)c(C)nn1C. The smallest absolute Gasteiger partial charge is 0.225 e. The van der Waals surface area contributed by atoms with Crippen LogP contribution in [-0.4, -0.2) is 40.8 Å². The van der Waals surface area contributed by atoms with Crippen LogP contribution < -0.4 is 10.5 Å². The third-order valence-electron chi connectivity index (χ3n) is 6.65. The number of nitrogens with two attached hydrogens (primary N) is 1. The number of carbonyl (C=O) groups is 1. The predicted octanol–water partition coefficient (Wildman–Crippen LogP) is 3.71. The number of aromatic nitrogens is 2. The van der Waals surface area contributed by atoms with Gasteiger partial charge in [0.15, 0.2) is 0 Å². The minimum atomic E-state index is -0.574. The van der Waals surface area contributed by atoms with E-state index in [1.54, 1.807) is 11.8 Å². The van der Waals surface area contributed by atoms with Crippen LogP contribution in [0, 0.1) is 12.3 Å². The van der Waals surface area contributed by atoms with Crippen LogP contribution in [0.1, 0.15) is 29.7 Å². The zero-order valence-electron chi connectivity index (χ0n) is 19.2. The van der Waals surface area contributed by atoms with Gasteiger partial charge >= 0.3 is 0 Å². The number of piperidine rings is 1. The molecule has 4 rings (SSSR count). The first kappa shape index (κ1) is 22.1. The number of aryl methyl sites for hydroxylation is 2. The number of carbonyl (C=O) groups excluding carboxylic acids is 1. The standard InChI is InChI=1S/C26H32N4O2/c1-19-23(24(32-3)29(2)28-19)17-30-15-7-14-26(18-30,25(27)31)16-20-10-12-22(13-11-20)21-8-5-4-6-9-21/h4-6,8-13H,7,14-18H2,1-3H3,(H2,27,31)/t26-/m0/s1. The van der Waals surface area contributed by atoms with Gasteiger partial charge in [0.2, 0.25) is 11.8 Å². The molecule has 1 aliphatic rings. The number of hydrogen-bond acceptors (Lipinski definition) is 4. The highest BCUT2D eigenvalue weighted by atomic mass is 16.5. The lowest BCUT2D eigenvalue weighted by Gasteiger charge is -2.41. The number of ether oxygens (including phenoxy) is 1. The van der Waals surface area contributed by atoms with Crippen molar-refractivity contribution in [2.75, 3.05) is 20.2 Å². The van der Waals surface area contributed by atoms with Gasteiger partial charge < -0.3 is 10.5 Å². The molecule has 1 aliphatic heterocycles. The van der Waals surface area contributed by atoms with Crippen molar-refractivity contribution in [3.05, 3.63) is 71.4 Å². The molecular formula is C26H32N4O2. The predicted molar refractivity (Wildman–Crippen MR) is 126 cm³/mol. The normalized spacial score (nSPS) is 19.1. The molecule has 168 valence electrons. The van der Waals surface area contributed by atoms with E-state index in [1.165, 1.54) is 11.1 Å². The van der Waals surface area contributed by atoms with Crippen LogP contribution in [0.4, 0.5) is 0 Å². The van der Waals surface area contributed by atoms with Crippen molar-refractivity contribution >= 4 is 5.91 Å². The van der Waals surface area contributed by atoms with Crippen molar-refractivity contribution in [3.63, 3.8) is 0 Å². The molecule has 0 unspecified atom stereocenters. The van der Waals surface area contributed by atoms with Crippen LogP contribution in [0.5, 0.6) is 5.88 Å². The first-order chi connectivity index (χ1) is 15.4.